The summed E-state index contributed by atoms with van der Waals surface area (Å²) in [5.74, 6) is 0.625. The van der Waals surface area contributed by atoms with Crippen LogP contribution in [0.2, 0.25) is 5.02 Å². The molecule has 0 saturated carbocycles. The van der Waals surface area contributed by atoms with Crippen molar-refractivity contribution in [3.63, 3.8) is 0 Å². The first kappa shape index (κ1) is 14.7. The number of ether oxygens (including phenoxy) is 1. The Balaban J connectivity index is 2.06. The monoisotopic (exact) mass is 295 g/mol. The molecule has 6 nitrogen and oxygen atoms in total. The van der Waals surface area contributed by atoms with E-state index in [0.29, 0.717) is 29.7 Å². The SMILES string of the molecule is CCCOCCCn1nnnc1-c1cc(Cl)ccc1N. The maximum atomic E-state index is 5.99. The van der Waals surface area contributed by atoms with E-state index in [9.17, 15) is 0 Å². The minimum absolute atomic E-state index is 0.604. The number of hydrogen-bond donors (Lipinski definition) is 1. The molecule has 0 aliphatic rings. The van der Waals surface area contributed by atoms with E-state index in [-0.39, 0.29) is 0 Å². The van der Waals surface area contributed by atoms with Gasteiger partial charge in [0.25, 0.3) is 0 Å². The Hall–Kier alpha value is -1.66. The number of anilines is 1. The number of benzene rings is 1. The number of rotatable bonds is 7. The lowest BCUT2D eigenvalue weighted by molar-refractivity contribution is 0.128. The van der Waals surface area contributed by atoms with Crippen LogP contribution in [0.3, 0.4) is 0 Å². The van der Waals surface area contributed by atoms with E-state index in [1.54, 1.807) is 22.9 Å². The number of aromatic nitrogens is 4. The molecule has 1 aromatic heterocycles. The molecule has 0 unspecified atom stereocenters. The molecule has 2 aromatic rings. The van der Waals surface area contributed by atoms with Gasteiger partial charge in [0.15, 0.2) is 5.82 Å². The van der Waals surface area contributed by atoms with Gasteiger partial charge in [0.05, 0.1) is 0 Å². The molecule has 108 valence electrons. The Labute approximate surface area is 122 Å². The highest BCUT2D eigenvalue weighted by Crippen LogP contribution is 2.26. The average Bonchev–Trinajstić information content (AvgIpc) is 2.89. The highest BCUT2D eigenvalue weighted by molar-refractivity contribution is 6.31. The maximum Gasteiger partial charge on any atom is 0.184 e. The smallest absolute Gasteiger partial charge is 0.184 e. The maximum absolute atomic E-state index is 5.99. The van der Waals surface area contributed by atoms with Crippen molar-refractivity contribution in [1.82, 2.24) is 20.2 Å². The molecular weight excluding hydrogens is 278 g/mol. The number of hydrogen-bond acceptors (Lipinski definition) is 5. The normalized spacial score (nSPS) is 10.9. The van der Waals surface area contributed by atoms with Crippen LogP contribution in [0.1, 0.15) is 19.8 Å². The second-order valence-corrected chi connectivity index (χ2v) is 4.86. The Morgan fingerprint density at radius 1 is 1.35 bits per heavy atom. The number of nitrogens with zero attached hydrogens (tertiary/aromatic N) is 4. The largest absolute Gasteiger partial charge is 0.398 e. The Morgan fingerprint density at radius 2 is 2.20 bits per heavy atom. The molecule has 0 bridgehead atoms. The third kappa shape index (κ3) is 3.68. The summed E-state index contributed by atoms with van der Waals surface area (Å²) in [5.41, 5.74) is 7.30. The predicted octanol–water partition coefficient (Wildman–Crippen LogP) is 2.39. The van der Waals surface area contributed by atoms with E-state index in [0.717, 1.165) is 25.0 Å². The van der Waals surface area contributed by atoms with Crippen LogP contribution in [0, 0.1) is 0 Å². The molecule has 0 aliphatic carbocycles. The first-order valence-corrected chi connectivity index (χ1v) is 6.99. The van der Waals surface area contributed by atoms with E-state index in [4.69, 9.17) is 22.1 Å². The lowest BCUT2D eigenvalue weighted by Crippen LogP contribution is -2.07. The number of halogens is 1. The summed E-state index contributed by atoms with van der Waals surface area (Å²) in [7, 11) is 0. The highest BCUT2D eigenvalue weighted by atomic mass is 35.5. The van der Waals surface area contributed by atoms with Crippen molar-refractivity contribution in [2.24, 2.45) is 0 Å². The molecule has 0 amide bonds. The molecule has 2 rings (SSSR count). The van der Waals surface area contributed by atoms with Crippen LogP contribution in [0.25, 0.3) is 11.4 Å². The summed E-state index contributed by atoms with van der Waals surface area (Å²) in [6.07, 6.45) is 1.87. The van der Waals surface area contributed by atoms with Gasteiger partial charge in [-0.3, -0.25) is 0 Å². The predicted molar refractivity (Wildman–Crippen MR) is 78.4 cm³/mol. The standard InChI is InChI=1S/C13H18ClN5O/c1-2-7-20-8-3-6-19-13(16-17-18-19)11-9-10(14)4-5-12(11)15/h4-5,9H,2-3,6-8,15H2,1H3. The second kappa shape index (κ2) is 7.21. The summed E-state index contributed by atoms with van der Waals surface area (Å²) in [5, 5.41) is 12.3. The van der Waals surface area contributed by atoms with Crippen molar-refractivity contribution in [3.8, 4) is 11.4 Å². The topological polar surface area (TPSA) is 78.8 Å². The second-order valence-electron chi connectivity index (χ2n) is 4.42. The summed E-state index contributed by atoms with van der Waals surface area (Å²) in [4.78, 5) is 0. The minimum atomic E-state index is 0.604. The van der Waals surface area contributed by atoms with Crippen LogP contribution in [0.15, 0.2) is 18.2 Å². The van der Waals surface area contributed by atoms with E-state index in [1.807, 2.05) is 0 Å². The first-order valence-electron chi connectivity index (χ1n) is 6.61. The van der Waals surface area contributed by atoms with Gasteiger partial charge in [-0.1, -0.05) is 18.5 Å². The van der Waals surface area contributed by atoms with Crippen molar-refractivity contribution in [2.75, 3.05) is 18.9 Å². The lowest BCUT2D eigenvalue weighted by atomic mass is 10.1. The van der Waals surface area contributed by atoms with Crippen molar-refractivity contribution in [2.45, 2.75) is 26.3 Å². The first-order chi connectivity index (χ1) is 9.72. The van der Waals surface area contributed by atoms with Gasteiger partial charge < -0.3 is 10.5 Å². The molecule has 0 saturated heterocycles. The van der Waals surface area contributed by atoms with Crippen molar-refractivity contribution >= 4 is 17.3 Å². The van der Waals surface area contributed by atoms with Crippen LogP contribution in [-0.2, 0) is 11.3 Å². The Morgan fingerprint density at radius 3 is 3.00 bits per heavy atom. The molecule has 7 heteroatoms. The van der Waals surface area contributed by atoms with Gasteiger partial charge in [-0.2, -0.15) is 0 Å². The molecule has 0 aliphatic heterocycles. The number of nitrogen functional groups attached to an aromatic ring is 1. The van der Waals surface area contributed by atoms with E-state index >= 15 is 0 Å². The fraction of sp³-hybridized carbons (Fsp3) is 0.462. The van der Waals surface area contributed by atoms with Gasteiger partial charge in [0.1, 0.15) is 0 Å². The van der Waals surface area contributed by atoms with Crippen LogP contribution in [0.4, 0.5) is 5.69 Å². The van der Waals surface area contributed by atoms with E-state index in [1.165, 1.54) is 0 Å². The Kier molecular flexibility index (Phi) is 5.31. The fourth-order valence-electron chi connectivity index (χ4n) is 1.83. The van der Waals surface area contributed by atoms with E-state index < -0.39 is 0 Å². The van der Waals surface area contributed by atoms with Crippen molar-refractivity contribution in [3.05, 3.63) is 23.2 Å². The summed E-state index contributed by atoms with van der Waals surface area (Å²) in [6.45, 7) is 4.24. The fourth-order valence-corrected chi connectivity index (χ4v) is 2.01. The van der Waals surface area contributed by atoms with Crippen molar-refractivity contribution < 1.29 is 4.74 Å². The molecule has 0 spiro atoms. The van der Waals surface area contributed by atoms with Crippen LogP contribution >= 0.6 is 11.6 Å². The number of tetrazole rings is 1. The third-order valence-corrected chi connectivity index (χ3v) is 3.03. The zero-order chi connectivity index (χ0) is 14.4. The van der Waals surface area contributed by atoms with Gasteiger partial charge in [0, 0.05) is 36.0 Å². The summed E-state index contributed by atoms with van der Waals surface area (Å²) in [6, 6.07) is 5.26. The van der Waals surface area contributed by atoms with Crippen LogP contribution in [0.5, 0.6) is 0 Å². The molecule has 1 aromatic carbocycles. The Bertz CT molecular complexity index is 557. The lowest BCUT2D eigenvalue weighted by Gasteiger charge is -2.07. The van der Waals surface area contributed by atoms with E-state index in [2.05, 4.69) is 22.4 Å². The number of aryl methyl sites for hydroxylation is 1. The van der Waals surface area contributed by atoms with Gasteiger partial charge in [-0.05, 0) is 41.5 Å². The van der Waals surface area contributed by atoms with Gasteiger partial charge >= 0.3 is 0 Å². The zero-order valence-electron chi connectivity index (χ0n) is 11.4. The summed E-state index contributed by atoms with van der Waals surface area (Å²) >= 11 is 5.99. The molecule has 0 atom stereocenters. The van der Waals surface area contributed by atoms with Gasteiger partial charge in [0.2, 0.25) is 0 Å². The highest BCUT2D eigenvalue weighted by Gasteiger charge is 2.12. The average molecular weight is 296 g/mol. The molecule has 0 fully saturated rings. The minimum Gasteiger partial charge on any atom is -0.398 e. The molecule has 20 heavy (non-hydrogen) atoms. The molecular formula is C13H18ClN5O. The van der Waals surface area contributed by atoms with Gasteiger partial charge in [-0.25, -0.2) is 4.68 Å². The van der Waals surface area contributed by atoms with Crippen LogP contribution in [-0.4, -0.2) is 33.4 Å². The molecule has 1 heterocycles. The van der Waals surface area contributed by atoms with Crippen molar-refractivity contribution in [1.29, 1.82) is 0 Å². The summed E-state index contributed by atoms with van der Waals surface area (Å²) < 4.78 is 7.16. The zero-order valence-corrected chi connectivity index (χ0v) is 12.2. The third-order valence-electron chi connectivity index (χ3n) is 2.80. The van der Waals surface area contributed by atoms with Crippen LogP contribution < -0.4 is 5.73 Å². The van der Waals surface area contributed by atoms with Gasteiger partial charge in [-0.15, -0.1) is 5.10 Å². The molecule has 0 radical (unpaired) electrons. The number of nitrogens with two attached hydrogens (primary N) is 1. The quantitative estimate of drug-likeness (QED) is 0.627. The molecule has 2 N–H and O–H groups in total.